The number of halogens is 10. The number of alkyl halides is 10. The predicted molar refractivity (Wildman–Crippen MR) is 110 cm³/mol. The lowest BCUT2D eigenvalue weighted by Crippen LogP contribution is -2.54. The van der Waals surface area contributed by atoms with Crippen LogP contribution < -0.4 is 11.3 Å². The maximum atomic E-state index is 13.9. The predicted octanol–water partition coefficient (Wildman–Crippen LogP) is 4.89. The summed E-state index contributed by atoms with van der Waals surface area (Å²) in [6, 6.07) is -0.190. The van der Waals surface area contributed by atoms with Crippen molar-refractivity contribution in [3.8, 4) is 10.4 Å². The molecular weight excluding hydrogens is 550 g/mol. The topological polar surface area (TPSA) is 91.5 Å². The third-order valence-electron chi connectivity index (χ3n) is 5.80. The number of hydrazine groups is 1. The molecule has 1 amide bonds. The zero-order valence-corrected chi connectivity index (χ0v) is 19.3. The molecule has 1 aliphatic heterocycles. The van der Waals surface area contributed by atoms with Crippen molar-refractivity contribution in [2.75, 3.05) is 6.54 Å². The Morgan fingerprint density at radius 2 is 1.84 bits per heavy atom. The Morgan fingerprint density at radius 1 is 1.24 bits per heavy atom. The van der Waals surface area contributed by atoms with Gasteiger partial charge in [0.05, 0.1) is 17.1 Å². The standard InChI is InChI=1S/C20H18F10N4O2S/c1-8-5-17(23,24)7-34(8)6-12-13(37-16(32-12)15(35)33-31)10-3-2-9(4-11(10)14(21)22)18(36,19(25,26)27)20(28,29)30/h2-4,8,14,36H,5-7,31H2,1H3,(H,33,35). The minimum absolute atomic E-state index is 0.139. The number of hydrogen-bond acceptors (Lipinski definition) is 6. The Balaban J connectivity index is 2.19. The van der Waals surface area contributed by atoms with E-state index in [1.807, 2.05) is 0 Å². The molecule has 3 rings (SSSR count). The number of amides is 1. The summed E-state index contributed by atoms with van der Waals surface area (Å²) in [4.78, 5) is 16.9. The average molecular weight is 568 g/mol. The van der Waals surface area contributed by atoms with Gasteiger partial charge in [-0.3, -0.25) is 15.1 Å². The molecule has 0 aliphatic carbocycles. The highest BCUT2D eigenvalue weighted by Gasteiger charge is 2.71. The van der Waals surface area contributed by atoms with Gasteiger partial charge in [-0.2, -0.15) is 26.3 Å². The smallest absolute Gasteiger partial charge is 0.369 e. The van der Waals surface area contributed by atoms with Crippen molar-refractivity contribution in [2.24, 2.45) is 5.84 Å². The minimum Gasteiger partial charge on any atom is -0.369 e. The zero-order valence-electron chi connectivity index (χ0n) is 18.5. The van der Waals surface area contributed by atoms with Crippen LogP contribution in [0.4, 0.5) is 43.9 Å². The molecule has 0 bridgehead atoms. The lowest BCUT2D eigenvalue weighted by molar-refractivity contribution is -0.376. The molecule has 6 nitrogen and oxygen atoms in total. The van der Waals surface area contributed by atoms with Gasteiger partial charge in [-0.1, -0.05) is 12.1 Å². The van der Waals surface area contributed by atoms with Gasteiger partial charge in [0, 0.05) is 35.7 Å². The van der Waals surface area contributed by atoms with E-state index in [4.69, 9.17) is 5.84 Å². The van der Waals surface area contributed by atoms with E-state index in [1.165, 1.54) is 11.8 Å². The van der Waals surface area contributed by atoms with Gasteiger partial charge >= 0.3 is 12.4 Å². The molecule has 0 spiro atoms. The van der Waals surface area contributed by atoms with E-state index in [-0.39, 0.29) is 22.7 Å². The monoisotopic (exact) mass is 568 g/mol. The molecule has 1 unspecified atom stereocenters. The lowest BCUT2D eigenvalue weighted by Gasteiger charge is -2.33. The number of carbonyl (C=O) groups excluding carboxylic acids is 1. The Labute approximate surface area is 206 Å². The quantitative estimate of drug-likeness (QED) is 0.200. The second-order valence-corrected chi connectivity index (χ2v) is 9.39. The first-order valence-corrected chi connectivity index (χ1v) is 11.1. The Kier molecular flexibility index (Phi) is 7.59. The maximum Gasteiger partial charge on any atom is 0.430 e. The highest BCUT2D eigenvalue weighted by atomic mass is 32.1. The van der Waals surface area contributed by atoms with Crippen molar-refractivity contribution in [1.82, 2.24) is 15.3 Å². The molecule has 1 atom stereocenters. The van der Waals surface area contributed by atoms with Gasteiger partial charge in [0.15, 0.2) is 5.01 Å². The van der Waals surface area contributed by atoms with Crippen molar-refractivity contribution < 1.29 is 53.8 Å². The molecule has 206 valence electrons. The van der Waals surface area contributed by atoms with Crippen molar-refractivity contribution in [1.29, 1.82) is 0 Å². The van der Waals surface area contributed by atoms with Gasteiger partial charge < -0.3 is 5.11 Å². The summed E-state index contributed by atoms with van der Waals surface area (Å²) in [5, 5.41) is 9.19. The second-order valence-electron chi connectivity index (χ2n) is 8.39. The van der Waals surface area contributed by atoms with Crippen LogP contribution in [0.1, 0.15) is 46.4 Å². The third-order valence-corrected chi connectivity index (χ3v) is 6.93. The van der Waals surface area contributed by atoms with Crippen LogP contribution in [0, 0.1) is 0 Å². The van der Waals surface area contributed by atoms with E-state index in [0.717, 1.165) is 0 Å². The van der Waals surface area contributed by atoms with E-state index in [0.29, 0.717) is 17.4 Å². The molecule has 1 saturated heterocycles. The average Bonchev–Trinajstić information content (AvgIpc) is 3.29. The van der Waals surface area contributed by atoms with Crippen LogP contribution in [-0.4, -0.2) is 51.8 Å². The summed E-state index contributed by atoms with van der Waals surface area (Å²) in [7, 11) is 0. The van der Waals surface area contributed by atoms with Crippen LogP contribution in [0.3, 0.4) is 0 Å². The van der Waals surface area contributed by atoms with Crippen LogP contribution in [0.15, 0.2) is 18.2 Å². The summed E-state index contributed by atoms with van der Waals surface area (Å²) < 4.78 is 135. The molecule has 1 fully saturated rings. The van der Waals surface area contributed by atoms with Crippen LogP contribution in [0.2, 0.25) is 0 Å². The minimum atomic E-state index is -6.31. The maximum absolute atomic E-state index is 13.9. The number of thiazole rings is 1. The van der Waals surface area contributed by atoms with Crippen molar-refractivity contribution in [2.45, 2.75) is 56.2 Å². The second kappa shape index (κ2) is 9.67. The Bertz CT molecular complexity index is 1150. The number of carbonyl (C=O) groups is 1. The third kappa shape index (κ3) is 5.39. The molecule has 2 heterocycles. The number of likely N-dealkylation sites (tertiary alicyclic amines) is 1. The first-order chi connectivity index (χ1) is 16.8. The molecule has 1 aliphatic rings. The highest BCUT2D eigenvalue weighted by Crippen LogP contribution is 2.51. The number of hydrogen-bond donors (Lipinski definition) is 3. The van der Waals surface area contributed by atoms with Gasteiger partial charge in [-0.25, -0.2) is 28.4 Å². The molecule has 17 heteroatoms. The normalized spacial score (nSPS) is 19.0. The van der Waals surface area contributed by atoms with E-state index >= 15 is 0 Å². The number of nitrogens with two attached hydrogens (primary N) is 1. The van der Waals surface area contributed by atoms with Gasteiger partial charge in [0.2, 0.25) is 0 Å². The number of aliphatic hydroxyl groups is 1. The fourth-order valence-corrected chi connectivity index (χ4v) is 5.00. The van der Waals surface area contributed by atoms with Crippen molar-refractivity contribution >= 4 is 17.2 Å². The number of nitrogens with zero attached hydrogens (tertiary/aromatic N) is 2. The summed E-state index contributed by atoms with van der Waals surface area (Å²) in [5.74, 6) is 0.963. The van der Waals surface area contributed by atoms with Crippen molar-refractivity contribution in [3.63, 3.8) is 0 Å². The van der Waals surface area contributed by atoms with Crippen LogP contribution in [-0.2, 0) is 12.1 Å². The number of benzene rings is 1. The molecule has 1 aromatic carbocycles. The zero-order chi connectivity index (χ0) is 28.1. The summed E-state index contributed by atoms with van der Waals surface area (Å²) in [6.45, 7) is 0.309. The summed E-state index contributed by atoms with van der Waals surface area (Å²) in [5.41, 5.74) is -7.78. The van der Waals surface area contributed by atoms with E-state index in [9.17, 15) is 53.8 Å². The Morgan fingerprint density at radius 3 is 2.30 bits per heavy atom. The van der Waals surface area contributed by atoms with Crippen LogP contribution in [0.5, 0.6) is 0 Å². The molecule has 37 heavy (non-hydrogen) atoms. The van der Waals surface area contributed by atoms with Gasteiger partial charge in [0.1, 0.15) is 0 Å². The first kappa shape index (κ1) is 29.1. The number of rotatable bonds is 6. The molecule has 1 aromatic heterocycles. The number of nitrogen functional groups attached to an aromatic ring is 1. The molecule has 4 N–H and O–H groups in total. The van der Waals surface area contributed by atoms with Gasteiger partial charge in [-0.05, 0) is 13.0 Å². The summed E-state index contributed by atoms with van der Waals surface area (Å²) >= 11 is 0.428. The number of aromatic nitrogens is 1. The lowest BCUT2D eigenvalue weighted by atomic mass is 9.89. The molecule has 0 radical (unpaired) electrons. The Hall–Kier alpha value is -2.50. The fourth-order valence-electron chi connectivity index (χ4n) is 3.97. The van der Waals surface area contributed by atoms with Crippen LogP contribution in [0.25, 0.3) is 10.4 Å². The van der Waals surface area contributed by atoms with E-state index < -0.39 is 83.5 Å². The van der Waals surface area contributed by atoms with Gasteiger partial charge in [0.25, 0.3) is 23.9 Å². The van der Waals surface area contributed by atoms with Gasteiger partial charge in [-0.15, -0.1) is 11.3 Å². The molecular formula is C20H18F10N4O2S. The number of nitrogens with one attached hydrogen (secondary N) is 1. The SMILES string of the molecule is CC1CC(F)(F)CN1Cc1nc(C(=O)NN)sc1-c1ccc(C(O)(C(F)(F)F)C(F)(F)F)cc1C(F)F. The molecule has 2 aromatic rings. The fraction of sp³-hybridized carbons (Fsp3) is 0.500. The van der Waals surface area contributed by atoms with Crippen LogP contribution >= 0.6 is 11.3 Å². The van der Waals surface area contributed by atoms with E-state index in [1.54, 1.807) is 5.43 Å². The molecule has 0 saturated carbocycles. The first-order valence-electron chi connectivity index (χ1n) is 10.2. The van der Waals surface area contributed by atoms with E-state index in [2.05, 4.69) is 4.98 Å². The highest BCUT2D eigenvalue weighted by molar-refractivity contribution is 7.17. The largest absolute Gasteiger partial charge is 0.430 e. The van der Waals surface area contributed by atoms with Crippen molar-refractivity contribution in [3.05, 3.63) is 40.0 Å². The summed E-state index contributed by atoms with van der Waals surface area (Å²) in [6.07, 6.45) is -16.8.